The van der Waals surface area contributed by atoms with Crippen molar-refractivity contribution >= 4 is 0 Å². The van der Waals surface area contributed by atoms with Crippen molar-refractivity contribution in [1.82, 2.24) is 0 Å². The molecule has 0 amide bonds. The third kappa shape index (κ3) is 3.71. The van der Waals surface area contributed by atoms with Crippen LogP contribution in [0.3, 0.4) is 0 Å². The third-order valence-electron chi connectivity index (χ3n) is 2.72. The van der Waals surface area contributed by atoms with Crippen molar-refractivity contribution in [3.63, 3.8) is 0 Å². The molecule has 0 radical (unpaired) electrons. The van der Waals surface area contributed by atoms with Gasteiger partial charge in [-0.1, -0.05) is 18.2 Å². The van der Waals surface area contributed by atoms with Crippen molar-refractivity contribution < 1.29 is 18.3 Å². The second kappa shape index (κ2) is 5.51. The number of hydrogen-bond donors (Lipinski definition) is 2. The van der Waals surface area contributed by atoms with Crippen molar-refractivity contribution in [1.29, 1.82) is 0 Å². The van der Waals surface area contributed by atoms with Gasteiger partial charge in [0, 0.05) is 18.6 Å². The van der Waals surface area contributed by atoms with Crippen LogP contribution in [-0.2, 0) is 6.18 Å². The lowest BCUT2D eigenvalue weighted by Crippen LogP contribution is -2.26. The highest BCUT2D eigenvalue weighted by molar-refractivity contribution is 5.29. The molecule has 0 aromatic heterocycles. The first-order valence-corrected chi connectivity index (χ1v) is 5.40. The molecule has 1 aromatic rings. The van der Waals surface area contributed by atoms with E-state index in [-0.39, 0.29) is 18.6 Å². The number of nitrogens with two attached hydrogens (primary N) is 1. The minimum absolute atomic E-state index is 0.0948. The Balaban J connectivity index is 3.04. The molecule has 0 aliphatic carbocycles. The highest BCUT2D eigenvalue weighted by atomic mass is 19.4. The fourth-order valence-electron chi connectivity index (χ4n) is 1.82. The van der Waals surface area contributed by atoms with Gasteiger partial charge in [0.2, 0.25) is 0 Å². The standard InChI is InChI=1S/C12H16F3NO/c1-8(16)11(5-6-17)9-3-2-4-10(7-9)12(13,14)15/h2-4,7-8,11,17H,5-6,16H2,1H3. The van der Waals surface area contributed by atoms with Crippen LogP contribution < -0.4 is 5.73 Å². The monoisotopic (exact) mass is 247 g/mol. The lowest BCUT2D eigenvalue weighted by atomic mass is 9.89. The van der Waals surface area contributed by atoms with Gasteiger partial charge >= 0.3 is 6.18 Å². The number of aliphatic hydroxyl groups excluding tert-OH is 1. The van der Waals surface area contributed by atoms with Crippen LogP contribution in [0.1, 0.15) is 30.4 Å². The van der Waals surface area contributed by atoms with Crippen LogP contribution in [0.25, 0.3) is 0 Å². The number of rotatable bonds is 4. The summed E-state index contributed by atoms with van der Waals surface area (Å²) >= 11 is 0. The average molecular weight is 247 g/mol. The largest absolute Gasteiger partial charge is 0.416 e. The zero-order valence-corrected chi connectivity index (χ0v) is 9.54. The van der Waals surface area contributed by atoms with Crippen LogP contribution in [0.2, 0.25) is 0 Å². The van der Waals surface area contributed by atoms with Gasteiger partial charge in [0.15, 0.2) is 0 Å². The first-order chi connectivity index (χ1) is 7.86. The summed E-state index contributed by atoms with van der Waals surface area (Å²) in [4.78, 5) is 0. The maximum absolute atomic E-state index is 12.5. The summed E-state index contributed by atoms with van der Waals surface area (Å²) in [7, 11) is 0. The minimum Gasteiger partial charge on any atom is -0.396 e. The van der Waals surface area contributed by atoms with E-state index in [1.807, 2.05) is 0 Å². The predicted molar refractivity (Wildman–Crippen MR) is 59.5 cm³/mol. The molecule has 0 aliphatic rings. The topological polar surface area (TPSA) is 46.2 Å². The van der Waals surface area contributed by atoms with Gasteiger partial charge in [-0.3, -0.25) is 0 Å². The van der Waals surface area contributed by atoms with Crippen molar-refractivity contribution in [2.24, 2.45) is 5.73 Å². The number of benzene rings is 1. The van der Waals surface area contributed by atoms with E-state index >= 15 is 0 Å². The molecule has 5 heteroatoms. The fraction of sp³-hybridized carbons (Fsp3) is 0.500. The fourth-order valence-corrected chi connectivity index (χ4v) is 1.82. The Morgan fingerprint density at radius 3 is 2.47 bits per heavy atom. The van der Waals surface area contributed by atoms with Crippen LogP contribution in [0, 0.1) is 0 Å². The summed E-state index contributed by atoms with van der Waals surface area (Å²) in [5.41, 5.74) is 5.56. The van der Waals surface area contributed by atoms with E-state index in [1.54, 1.807) is 13.0 Å². The Morgan fingerprint density at radius 1 is 1.35 bits per heavy atom. The molecule has 0 spiro atoms. The predicted octanol–water partition coefficient (Wildman–Crippen LogP) is 2.52. The molecule has 2 nitrogen and oxygen atoms in total. The summed E-state index contributed by atoms with van der Waals surface area (Å²) in [6.45, 7) is 1.63. The second-order valence-corrected chi connectivity index (χ2v) is 4.10. The van der Waals surface area contributed by atoms with Crippen LogP contribution in [0.4, 0.5) is 13.2 Å². The number of aliphatic hydroxyl groups is 1. The smallest absolute Gasteiger partial charge is 0.396 e. The molecular weight excluding hydrogens is 231 g/mol. The van der Waals surface area contributed by atoms with Gasteiger partial charge in [-0.25, -0.2) is 0 Å². The Hall–Kier alpha value is -1.07. The van der Waals surface area contributed by atoms with Crippen LogP contribution in [0.5, 0.6) is 0 Å². The van der Waals surface area contributed by atoms with Crippen LogP contribution in [-0.4, -0.2) is 17.8 Å². The lowest BCUT2D eigenvalue weighted by Gasteiger charge is -2.21. The maximum Gasteiger partial charge on any atom is 0.416 e. The van der Waals surface area contributed by atoms with Gasteiger partial charge in [0.05, 0.1) is 5.56 Å². The molecule has 2 atom stereocenters. The number of hydrogen-bond acceptors (Lipinski definition) is 2. The molecule has 0 fully saturated rings. The Morgan fingerprint density at radius 2 is 2.00 bits per heavy atom. The highest BCUT2D eigenvalue weighted by Gasteiger charge is 2.31. The van der Waals surface area contributed by atoms with Crippen LogP contribution >= 0.6 is 0 Å². The van der Waals surface area contributed by atoms with Gasteiger partial charge in [-0.15, -0.1) is 0 Å². The maximum atomic E-state index is 12.5. The number of halogens is 3. The minimum atomic E-state index is -4.35. The van der Waals surface area contributed by atoms with Crippen molar-refractivity contribution in [3.8, 4) is 0 Å². The van der Waals surface area contributed by atoms with Gasteiger partial charge in [0.25, 0.3) is 0 Å². The van der Waals surface area contributed by atoms with Gasteiger partial charge < -0.3 is 10.8 Å². The van der Waals surface area contributed by atoms with Gasteiger partial charge in [-0.05, 0) is 25.0 Å². The number of alkyl halides is 3. The Kier molecular flexibility index (Phi) is 4.54. The Bertz CT molecular complexity index is 363. The van der Waals surface area contributed by atoms with E-state index in [0.717, 1.165) is 12.1 Å². The summed E-state index contributed by atoms with van der Waals surface area (Å²) in [6, 6.07) is 4.81. The van der Waals surface area contributed by atoms with E-state index in [4.69, 9.17) is 10.8 Å². The van der Waals surface area contributed by atoms with Crippen molar-refractivity contribution in [2.45, 2.75) is 31.5 Å². The molecule has 3 N–H and O–H groups in total. The van der Waals surface area contributed by atoms with Crippen LogP contribution in [0.15, 0.2) is 24.3 Å². The molecule has 0 aliphatic heterocycles. The molecule has 0 bridgehead atoms. The first kappa shape index (κ1) is 14.0. The molecule has 1 aromatic carbocycles. The summed E-state index contributed by atoms with van der Waals surface area (Å²) in [5.74, 6) is -0.262. The Labute approximate surface area is 98.3 Å². The molecule has 1 rings (SSSR count). The molecule has 2 unspecified atom stereocenters. The SMILES string of the molecule is CC(N)C(CCO)c1cccc(C(F)(F)F)c1. The molecule has 96 valence electrons. The zero-order chi connectivity index (χ0) is 13.1. The molecular formula is C12H16F3NO. The van der Waals surface area contributed by atoms with E-state index in [9.17, 15) is 13.2 Å². The van der Waals surface area contributed by atoms with E-state index in [0.29, 0.717) is 12.0 Å². The summed E-state index contributed by atoms with van der Waals surface area (Å²) in [6.07, 6.45) is -3.99. The average Bonchev–Trinajstić information content (AvgIpc) is 2.24. The van der Waals surface area contributed by atoms with Gasteiger partial charge in [0.1, 0.15) is 0 Å². The van der Waals surface area contributed by atoms with E-state index in [1.165, 1.54) is 6.07 Å². The first-order valence-electron chi connectivity index (χ1n) is 5.40. The van der Waals surface area contributed by atoms with Gasteiger partial charge in [-0.2, -0.15) is 13.2 Å². The third-order valence-corrected chi connectivity index (χ3v) is 2.72. The molecule has 0 heterocycles. The quantitative estimate of drug-likeness (QED) is 0.858. The van der Waals surface area contributed by atoms with E-state index < -0.39 is 11.7 Å². The summed E-state index contributed by atoms with van der Waals surface area (Å²) < 4.78 is 37.6. The van der Waals surface area contributed by atoms with E-state index in [2.05, 4.69) is 0 Å². The summed E-state index contributed by atoms with van der Waals surface area (Å²) in [5, 5.41) is 8.90. The molecule has 0 saturated heterocycles. The second-order valence-electron chi connectivity index (χ2n) is 4.10. The zero-order valence-electron chi connectivity index (χ0n) is 9.54. The van der Waals surface area contributed by atoms with Crippen molar-refractivity contribution in [3.05, 3.63) is 35.4 Å². The molecule has 17 heavy (non-hydrogen) atoms. The lowest BCUT2D eigenvalue weighted by molar-refractivity contribution is -0.137. The van der Waals surface area contributed by atoms with Crippen molar-refractivity contribution in [2.75, 3.05) is 6.61 Å². The highest BCUT2D eigenvalue weighted by Crippen LogP contribution is 2.32. The normalized spacial score (nSPS) is 15.6. The molecule has 0 saturated carbocycles.